The molecule has 68 valence electrons. The maximum Gasteiger partial charge on any atom is 0.192 e. The van der Waals surface area contributed by atoms with Crippen LogP contribution in [0.25, 0.3) is 10.2 Å². The van der Waals surface area contributed by atoms with Gasteiger partial charge in [0.1, 0.15) is 5.52 Å². The molecule has 0 aliphatic carbocycles. The van der Waals surface area contributed by atoms with Crippen molar-refractivity contribution in [3.05, 3.63) is 18.0 Å². The van der Waals surface area contributed by atoms with Crippen molar-refractivity contribution in [2.75, 3.05) is 3.53 Å². The van der Waals surface area contributed by atoms with Crippen molar-refractivity contribution in [1.82, 2.24) is 9.97 Å². The summed E-state index contributed by atoms with van der Waals surface area (Å²) in [5, 5.41) is 9.72. The van der Waals surface area contributed by atoms with Gasteiger partial charge < -0.3 is 8.64 Å². The van der Waals surface area contributed by atoms with E-state index in [1.54, 1.807) is 17.5 Å². The van der Waals surface area contributed by atoms with Gasteiger partial charge in [0.15, 0.2) is 5.13 Å². The Balaban J connectivity index is 2.57. The van der Waals surface area contributed by atoms with Gasteiger partial charge >= 0.3 is 0 Å². The molecule has 0 saturated carbocycles. The lowest BCUT2D eigenvalue weighted by atomic mass is 10.3. The molecule has 2 aromatic heterocycles. The van der Waals surface area contributed by atoms with E-state index in [1.165, 1.54) is 0 Å². The maximum absolute atomic E-state index is 8.87. The SMILES string of the molecule is OCc1cc2sc(NI)nc2cn1. The van der Waals surface area contributed by atoms with Crippen molar-refractivity contribution in [1.29, 1.82) is 0 Å². The van der Waals surface area contributed by atoms with E-state index >= 15 is 0 Å². The first-order valence-electron chi connectivity index (χ1n) is 3.56. The first-order valence-corrected chi connectivity index (χ1v) is 5.46. The minimum absolute atomic E-state index is 0.0269. The summed E-state index contributed by atoms with van der Waals surface area (Å²) in [7, 11) is 0. The van der Waals surface area contributed by atoms with Crippen molar-refractivity contribution in [2.45, 2.75) is 6.61 Å². The van der Waals surface area contributed by atoms with E-state index in [-0.39, 0.29) is 6.61 Å². The fraction of sp³-hybridized carbons (Fsp3) is 0.143. The average molecular weight is 307 g/mol. The third-order valence-electron chi connectivity index (χ3n) is 1.57. The molecule has 2 heterocycles. The minimum Gasteiger partial charge on any atom is -0.390 e. The second kappa shape index (κ2) is 3.72. The first-order chi connectivity index (χ1) is 6.33. The zero-order valence-corrected chi connectivity index (χ0v) is 9.46. The van der Waals surface area contributed by atoms with E-state index in [4.69, 9.17) is 5.11 Å². The molecule has 0 spiro atoms. The molecule has 0 atom stereocenters. The van der Waals surface area contributed by atoms with Crippen LogP contribution in [0.15, 0.2) is 12.3 Å². The molecule has 4 nitrogen and oxygen atoms in total. The summed E-state index contributed by atoms with van der Waals surface area (Å²) in [6, 6.07) is 1.85. The number of nitrogens with zero attached hydrogens (tertiary/aromatic N) is 2. The van der Waals surface area contributed by atoms with Crippen LogP contribution in [-0.4, -0.2) is 15.1 Å². The summed E-state index contributed by atoms with van der Waals surface area (Å²) in [4.78, 5) is 8.30. The number of hydrogen-bond acceptors (Lipinski definition) is 5. The van der Waals surface area contributed by atoms with E-state index in [0.29, 0.717) is 5.69 Å². The number of rotatable bonds is 2. The number of aliphatic hydroxyl groups excluding tert-OH is 1. The Morgan fingerprint density at radius 2 is 2.46 bits per heavy atom. The van der Waals surface area contributed by atoms with Crippen LogP contribution in [0.4, 0.5) is 5.13 Å². The molecule has 0 aromatic carbocycles. The first kappa shape index (κ1) is 9.10. The topological polar surface area (TPSA) is 58.0 Å². The number of anilines is 1. The average Bonchev–Trinajstić information content (AvgIpc) is 2.58. The normalized spacial score (nSPS) is 10.6. The molecule has 0 unspecified atom stereocenters. The smallest absolute Gasteiger partial charge is 0.192 e. The number of pyridine rings is 1. The highest BCUT2D eigenvalue weighted by Crippen LogP contribution is 2.26. The van der Waals surface area contributed by atoms with Gasteiger partial charge in [-0.05, 0) is 6.07 Å². The molecule has 0 fully saturated rings. The number of aromatic nitrogens is 2. The Hall–Kier alpha value is -0.470. The maximum atomic E-state index is 8.87. The number of hydrogen-bond donors (Lipinski definition) is 2. The Labute approximate surface area is 92.5 Å². The Kier molecular flexibility index (Phi) is 2.61. The van der Waals surface area contributed by atoms with Gasteiger partial charge in [0.25, 0.3) is 0 Å². The molecule has 2 rings (SSSR count). The van der Waals surface area contributed by atoms with Gasteiger partial charge in [-0.25, -0.2) is 4.98 Å². The second-order valence-corrected chi connectivity index (χ2v) is 3.99. The van der Waals surface area contributed by atoms with Gasteiger partial charge in [0.2, 0.25) is 0 Å². The van der Waals surface area contributed by atoms with Crippen LogP contribution in [-0.2, 0) is 6.61 Å². The lowest BCUT2D eigenvalue weighted by Gasteiger charge is -1.91. The fourth-order valence-electron chi connectivity index (χ4n) is 0.999. The van der Waals surface area contributed by atoms with Crippen molar-refractivity contribution < 1.29 is 5.11 Å². The fourth-order valence-corrected chi connectivity index (χ4v) is 2.24. The molecule has 0 aliphatic heterocycles. The van der Waals surface area contributed by atoms with Crippen molar-refractivity contribution in [3.8, 4) is 0 Å². The molecule has 6 heteroatoms. The molecule has 13 heavy (non-hydrogen) atoms. The van der Waals surface area contributed by atoms with Gasteiger partial charge in [-0.2, -0.15) is 0 Å². The molecule has 2 aromatic rings. The number of aliphatic hydroxyl groups is 1. The van der Waals surface area contributed by atoms with E-state index in [0.717, 1.165) is 15.3 Å². The highest BCUT2D eigenvalue weighted by molar-refractivity contribution is 14.1. The van der Waals surface area contributed by atoms with Crippen LogP contribution in [0.5, 0.6) is 0 Å². The molecule has 0 radical (unpaired) electrons. The summed E-state index contributed by atoms with van der Waals surface area (Å²) in [5.41, 5.74) is 1.54. The largest absolute Gasteiger partial charge is 0.390 e. The van der Waals surface area contributed by atoms with Crippen molar-refractivity contribution in [3.63, 3.8) is 0 Å². The summed E-state index contributed by atoms with van der Waals surface area (Å²) in [6.07, 6.45) is 1.68. The molecular weight excluding hydrogens is 301 g/mol. The Morgan fingerprint density at radius 3 is 3.15 bits per heavy atom. The highest BCUT2D eigenvalue weighted by Gasteiger charge is 2.03. The lowest BCUT2D eigenvalue weighted by molar-refractivity contribution is 0.277. The van der Waals surface area contributed by atoms with Crippen molar-refractivity contribution in [2.24, 2.45) is 0 Å². The lowest BCUT2D eigenvalue weighted by Crippen LogP contribution is -1.86. The van der Waals surface area contributed by atoms with Crippen molar-refractivity contribution >= 4 is 49.5 Å². The second-order valence-electron chi connectivity index (χ2n) is 2.41. The third kappa shape index (κ3) is 1.74. The number of halogens is 1. The molecule has 0 amide bonds. The minimum atomic E-state index is -0.0269. The molecular formula is C7H6IN3OS. The van der Waals surface area contributed by atoms with Crippen LogP contribution in [0, 0.1) is 0 Å². The molecule has 0 bridgehead atoms. The Bertz CT molecular complexity index is 429. The number of fused-ring (bicyclic) bond motifs is 1. The Morgan fingerprint density at radius 1 is 1.62 bits per heavy atom. The van der Waals surface area contributed by atoms with Crippen LogP contribution < -0.4 is 3.53 Å². The molecule has 0 saturated heterocycles. The summed E-state index contributed by atoms with van der Waals surface area (Å²) >= 11 is 3.58. The number of thiazole rings is 1. The van der Waals surface area contributed by atoms with Crippen LogP contribution in [0.2, 0.25) is 0 Å². The highest BCUT2D eigenvalue weighted by atomic mass is 127. The van der Waals surface area contributed by atoms with Gasteiger partial charge in [-0.15, -0.1) is 0 Å². The van der Waals surface area contributed by atoms with E-state index < -0.39 is 0 Å². The quantitative estimate of drug-likeness (QED) is 0.658. The predicted molar refractivity (Wildman–Crippen MR) is 61.0 cm³/mol. The van der Waals surface area contributed by atoms with Gasteiger partial charge in [0, 0.05) is 0 Å². The molecule has 2 N–H and O–H groups in total. The summed E-state index contributed by atoms with van der Waals surface area (Å²) < 4.78 is 3.98. The zero-order chi connectivity index (χ0) is 9.26. The van der Waals surface area contributed by atoms with Gasteiger partial charge in [0.05, 0.1) is 46.1 Å². The van der Waals surface area contributed by atoms with Crippen LogP contribution in [0.3, 0.4) is 0 Å². The van der Waals surface area contributed by atoms with E-state index in [9.17, 15) is 0 Å². The van der Waals surface area contributed by atoms with E-state index in [1.807, 2.05) is 28.9 Å². The number of nitrogens with one attached hydrogen (secondary N) is 1. The molecule has 0 aliphatic rings. The monoisotopic (exact) mass is 307 g/mol. The van der Waals surface area contributed by atoms with Crippen LogP contribution >= 0.6 is 34.2 Å². The van der Waals surface area contributed by atoms with E-state index in [2.05, 4.69) is 13.5 Å². The van der Waals surface area contributed by atoms with Crippen LogP contribution in [0.1, 0.15) is 5.69 Å². The summed E-state index contributed by atoms with van der Waals surface area (Å²) in [6.45, 7) is -0.0269. The zero-order valence-electron chi connectivity index (χ0n) is 6.49. The predicted octanol–water partition coefficient (Wildman–Crippen LogP) is 1.95. The third-order valence-corrected chi connectivity index (χ3v) is 3.38. The standard InChI is InChI=1S/C7H6IN3OS/c8-11-7-10-5-2-9-4(3-12)1-6(5)13-7/h1-2,12H,3H2,(H,10,11). The van der Waals surface area contributed by atoms with Gasteiger partial charge in [-0.3, -0.25) is 4.98 Å². The van der Waals surface area contributed by atoms with Gasteiger partial charge in [-0.1, -0.05) is 11.3 Å². The summed E-state index contributed by atoms with van der Waals surface area (Å²) in [5.74, 6) is 0.